The first-order valence-electron chi connectivity index (χ1n) is 8.23. The highest BCUT2D eigenvalue weighted by atomic mass is 16.6. The van der Waals surface area contributed by atoms with Crippen molar-refractivity contribution in [1.82, 2.24) is 4.98 Å². The molecule has 1 heterocycles. The van der Waals surface area contributed by atoms with Gasteiger partial charge in [-0.2, -0.15) is 0 Å². The van der Waals surface area contributed by atoms with E-state index in [1.807, 2.05) is 19.9 Å². The summed E-state index contributed by atoms with van der Waals surface area (Å²) in [5.41, 5.74) is 1.67. The average Bonchev–Trinajstić information content (AvgIpc) is 2.62. The van der Waals surface area contributed by atoms with Crippen LogP contribution in [0.4, 0.5) is 5.69 Å². The number of benzene rings is 1. The Kier molecular flexibility index (Phi) is 6.84. The molecule has 0 radical (unpaired) electrons. The summed E-state index contributed by atoms with van der Waals surface area (Å²) in [6, 6.07) is 8.11. The molecule has 1 aromatic heterocycles. The first-order valence-corrected chi connectivity index (χ1v) is 8.23. The predicted molar refractivity (Wildman–Crippen MR) is 97.0 cm³/mol. The summed E-state index contributed by atoms with van der Waals surface area (Å²) in [6.07, 6.45) is 6.06. The first-order chi connectivity index (χ1) is 12.5. The molecule has 0 aliphatic carbocycles. The second-order valence-electron chi connectivity index (χ2n) is 5.59. The van der Waals surface area contributed by atoms with Gasteiger partial charge in [0.15, 0.2) is 0 Å². The van der Waals surface area contributed by atoms with Crippen molar-refractivity contribution >= 4 is 17.7 Å². The lowest BCUT2D eigenvalue weighted by Gasteiger charge is -2.07. The minimum absolute atomic E-state index is 0.0974. The van der Waals surface area contributed by atoms with Gasteiger partial charge in [-0.3, -0.25) is 10.1 Å². The molecule has 7 nitrogen and oxygen atoms in total. The molecule has 0 spiro atoms. The molecule has 26 heavy (non-hydrogen) atoms. The van der Waals surface area contributed by atoms with E-state index in [-0.39, 0.29) is 17.5 Å². The number of hydrogen-bond donors (Lipinski definition) is 0. The third-order valence-electron chi connectivity index (χ3n) is 3.54. The van der Waals surface area contributed by atoms with E-state index in [2.05, 4.69) is 4.98 Å². The molecule has 0 N–H and O–H groups in total. The maximum atomic E-state index is 11.6. The van der Waals surface area contributed by atoms with Crippen LogP contribution in [-0.2, 0) is 9.53 Å². The monoisotopic (exact) mass is 356 g/mol. The zero-order valence-corrected chi connectivity index (χ0v) is 14.7. The van der Waals surface area contributed by atoms with Gasteiger partial charge in [0.25, 0.3) is 5.69 Å². The van der Waals surface area contributed by atoms with Crippen LogP contribution in [0.3, 0.4) is 0 Å². The molecule has 0 unspecified atom stereocenters. The second-order valence-corrected chi connectivity index (χ2v) is 5.59. The van der Waals surface area contributed by atoms with E-state index in [1.54, 1.807) is 18.2 Å². The van der Waals surface area contributed by atoms with Crippen LogP contribution in [0.5, 0.6) is 11.6 Å². The zero-order valence-electron chi connectivity index (χ0n) is 14.7. The number of ether oxygens (including phenoxy) is 2. The molecule has 0 saturated heterocycles. The van der Waals surface area contributed by atoms with Crippen LogP contribution in [-0.4, -0.2) is 22.5 Å². The maximum Gasteiger partial charge on any atom is 0.330 e. The molecule has 0 bridgehead atoms. The predicted octanol–water partition coefficient (Wildman–Crippen LogP) is 4.45. The number of nitrogens with zero attached hydrogens (tertiary/aromatic N) is 2. The van der Waals surface area contributed by atoms with Crippen molar-refractivity contribution in [2.75, 3.05) is 6.61 Å². The lowest BCUT2D eigenvalue weighted by molar-refractivity contribution is -0.385. The van der Waals surface area contributed by atoms with Gasteiger partial charge in [-0.15, -0.1) is 0 Å². The highest BCUT2D eigenvalue weighted by Crippen LogP contribution is 2.24. The second kappa shape index (κ2) is 9.31. The number of hydrogen-bond acceptors (Lipinski definition) is 6. The number of esters is 1. The van der Waals surface area contributed by atoms with Crippen LogP contribution in [0.25, 0.3) is 6.08 Å². The first kappa shape index (κ1) is 19.1. The highest BCUT2D eigenvalue weighted by Gasteiger charge is 2.07. The van der Waals surface area contributed by atoms with Crippen molar-refractivity contribution in [2.45, 2.75) is 26.7 Å². The number of carbonyl (C=O) groups excluding carboxylic acids is 1. The molecular formula is C19H20N2O5. The van der Waals surface area contributed by atoms with Gasteiger partial charge in [-0.1, -0.05) is 19.4 Å². The van der Waals surface area contributed by atoms with Gasteiger partial charge in [0, 0.05) is 18.2 Å². The molecule has 0 amide bonds. The van der Waals surface area contributed by atoms with E-state index in [0.29, 0.717) is 12.4 Å². The van der Waals surface area contributed by atoms with Crippen molar-refractivity contribution in [3.05, 3.63) is 63.8 Å². The fraction of sp³-hybridized carbons (Fsp3) is 0.263. The molecule has 0 aliphatic heterocycles. The van der Waals surface area contributed by atoms with E-state index < -0.39 is 4.92 Å². The fourth-order valence-corrected chi connectivity index (χ4v) is 2.08. The Balaban J connectivity index is 2.00. The molecule has 0 aliphatic rings. The van der Waals surface area contributed by atoms with Gasteiger partial charge >= 0.3 is 5.97 Å². The molecule has 0 atom stereocenters. The zero-order chi connectivity index (χ0) is 18.9. The van der Waals surface area contributed by atoms with Crippen LogP contribution in [0.2, 0.25) is 0 Å². The summed E-state index contributed by atoms with van der Waals surface area (Å²) in [7, 11) is 0. The van der Waals surface area contributed by atoms with E-state index in [0.717, 1.165) is 30.2 Å². The summed E-state index contributed by atoms with van der Waals surface area (Å²) < 4.78 is 10.7. The van der Waals surface area contributed by atoms with E-state index >= 15 is 0 Å². The van der Waals surface area contributed by atoms with Crippen LogP contribution < -0.4 is 4.74 Å². The standard InChI is InChI=1S/C19H20N2O5/c1-3-4-11-25-19(22)10-6-15-5-8-17(12-14(15)2)26-18-9-7-16(13-20-18)21(23)24/h5-10,12-13H,3-4,11H2,1-2H3. The Morgan fingerprint density at radius 3 is 2.73 bits per heavy atom. The highest BCUT2D eigenvalue weighted by molar-refractivity contribution is 5.87. The van der Waals surface area contributed by atoms with Gasteiger partial charge in [-0.05, 0) is 42.7 Å². The molecule has 0 fully saturated rings. The summed E-state index contributed by atoms with van der Waals surface area (Å²) in [5.74, 6) is 0.442. The maximum absolute atomic E-state index is 11.6. The molecule has 2 rings (SSSR count). The van der Waals surface area contributed by atoms with E-state index in [1.165, 1.54) is 18.2 Å². The minimum Gasteiger partial charge on any atom is -0.463 e. The third-order valence-corrected chi connectivity index (χ3v) is 3.54. The minimum atomic E-state index is -0.519. The number of pyridine rings is 1. The topological polar surface area (TPSA) is 91.6 Å². The van der Waals surface area contributed by atoms with Gasteiger partial charge in [0.2, 0.25) is 5.88 Å². The summed E-state index contributed by atoms with van der Waals surface area (Å²) >= 11 is 0. The SMILES string of the molecule is CCCCOC(=O)C=Cc1ccc(Oc2ccc([N+](=O)[O-])cn2)cc1C. The molecule has 136 valence electrons. The normalized spacial score (nSPS) is 10.7. The quantitative estimate of drug-likeness (QED) is 0.228. The van der Waals surface area contributed by atoms with Gasteiger partial charge in [0.1, 0.15) is 11.9 Å². The Morgan fingerprint density at radius 1 is 1.31 bits per heavy atom. The van der Waals surface area contributed by atoms with Crippen molar-refractivity contribution in [2.24, 2.45) is 0 Å². The summed E-state index contributed by atoms with van der Waals surface area (Å²) in [6.45, 7) is 4.34. The molecule has 1 aromatic carbocycles. The van der Waals surface area contributed by atoms with Gasteiger partial charge in [0.05, 0.1) is 11.5 Å². The number of rotatable bonds is 8. The Labute approximate surface area is 151 Å². The van der Waals surface area contributed by atoms with Crippen LogP contribution in [0.15, 0.2) is 42.6 Å². The Morgan fingerprint density at radius 2 is 2.12 bits per heavy atom. The Bertz CT molecular complexity index is 800. The van der Waals surface area contributed by atoms with Crippen LogP contribution in [0, 0.1) is 17.0 Å². The molecular weight excluding hydrogens is 336 g/mol. The van der Waals surface area contributed by atoms with Gasteiger partial charge < -0.3 is 9.47 Å². The summed E-state index contributed by atoms with van der Waals surface area (Å²) in [5, 5.41) is 10.6. The third kappa shape index (κ3) is 5.70. The van der Waals surface area contributed by atoms with E-state index in [9.17, 15) is 14.9 Å². The smallest absolute Gasteiger partial charge is 0.330 e. The molecule has 0 saturated carbocycles. The van der Waals surface area contributed by atoms with Crippen LogP contribution >= 0.6 is 0 Å². The number of aryl methyl sites for hydroxylation is 1. The number of carbonyl (C=O) groups is 1. The van der Waals surface area contributed by atoms with E-state index in [4.69, 9.17) is 9.47 Å². The molecule has 2 aromatic rings. The van der Waals surface area contributed by atoms with Gasteiger partial charge in [-0.25, -0.2) is 9.78 Å². The number of aromatic nitrogens is 1. The summed E-state index contributed by atoms with van der Waals surface area (Å²) in [4.78, 5) is 25.6. The average molecular weight is 356 g/mol. The lowest BCUT2D eigenvalue weighted by atomic mass is 10.1. The number of nitro groups is 1. The fourth-order valence-electron chi connectivity index (χ4n) is 2.08. The van der Waals surface area contributed by atoms with Crippen LogP contribution in [0.1, 0.15) is 30.9 Å². The number of unbranched alkanes of at least 4 members (excludes halogenated alkanes) is 1. The lowest BCUT2D eigenvalue weighted by Crippen LogP contribution is -2.01. The largest absolute Gasteiger partial charge is 0.463 e. The van der Waals surface area contributed by atoms with Crippen molar-refractivity contribution in [1.29, 1.82) is 0 Å². The molecule has 7 heteroatoms. The van der Waals surface area contributed by atoms with Crippen molar-refractivity contribution < 1.29 is 19.2 Å². The van der Waals surface area contributed by atoms with Crippen molar-refractivity contribution in [3.63, 3.8) is 0 Å². The van der Waals surface area contributed by atoms with Crippen molar-refractivity contribution in [3.8, 4) is 11.6 Å². The Hall–Kier alpha value is -3.22.